The molecule has 0 saturated carbocycles. The Labute approximate surface area is 96.3 Å². The number of nitrogens with zero attached hydrogens (tertiary/aromatic N) is 1. The van der Waals surface area contributed by atoms with Gasteiger partial charge in [-0.05, 0) is 5.75 Å². The first-order valence-electron chi connectivity index (χ1n) is 4.71. The van der Waals surface area contributed by atoms with E-state index in [0.29, 0.717) is 11.6 Å². The smallest absolute Gasteiger partial charge is 0.308 e. The highest BCUT2D eigenvalue weighted by molar-refractivity contribution is 7.98. The number of H-pyrrole nitrogens is 1. The van der Waals surface area contributed by atoms with Gasteiger partial charge in [-0.3, -0.25) is 9.59 Å². The van der Waals surface area contributed by atoms with Gasteiger partial charge in [0.1, 0.15) is 11.6 Å². The van der Waals surface area contributed by atoms with E-state index in [1.54, 1.807) is 11.8 Å². The van der Waals surface area contributed by atoms with Crippen molar-refractivity contribution in [1.82, 2.24) is 9.97 Å². The molecule has 0 atom stereocenters. The molecule has 0 spiro atoms. The molecule has 1 aromatic rings. The van der Waals surface area contributed by atoms with E-state index in [4.69, 9.17) is 10.8 Å². The molecule has 0 aliphatic heterocycles. The average molecular weight is 243 g/mol. The minimum Gasteiger partial charge on any atom is -0.481 e. The third kappa shape index (κ3) is 3.27. The maximum atomic E-state index is 11.5. The normalized spacial score (nSPS) is 10.3. The van der Waals surface area contributed by atoms with Crippen LogP contribution in [0.2, 0.25) is 0 Å². The molecule has 1 heterocycles. The zero-order valence-corrected chi connectivity index (χ0v) is 9.63. The monoisotopic (exact) mass is 243 g/mol. The third-order valence-electron chi connectivity index (χ3n) is 1.87. The van der Waals surface area contributed by atoms with Crippen molar-refractivity contribution in [1.29, 1.82) is 0 Å². The Balaban J connectivity index is 2.98. The molecule has 0 fully saturated rings. The summed E-state index contributed by atoms with van der Waals surface area (Å²) < 4.78 is 0. The van der Waals surface area contributed by atoms with E-state index >= 15 is 0 Å². The van der Waals surface area contributed by atoms with Crippen LogP contribution in [0.3, 0.4) is 0 Å². The summed E-state index contributed by atoms with van der Waals surface area (Å²) in [5.74, 6) is 0.833. The van der Waals surface area contributed by atoms with Crippen LogP contribution in [0.5, 0.6) is 0 Å². The van der Waals surface area contributed by atoms with Gasteiger partial charge < -0.3 is 15.8 Å². The molecule has 0 saturated heterocycles. The number of thioether (sulfide) groups is 1. The zero-order chi connectivity index (χ0) is 12.1. The predicted octanol–water partition coefficient (Wildman–Crippen LogP) is 0.232. The van der Waals surface area contributed by atoms with Gasteiger partial charge in [-0.1, -0.05) is 6.92 Å². The summed E-state index contributed by atoms with van der Waals surface area (Å²) in [6.07, 6.45) is -0.407. The molecular formula is C9H13N3O3S. The molecule has 88 valence electrons. The first-order chi connectivity index (χ1) is 7.54. The van der Waals surface area contributed by atoms with Gasteiger partial charge in [0.05, 0.1) is 17.7 Å². The van der Waals surface area contributed by atoms with E-state index in [-0.39, 0.29) is 11.4 Å². The molecule has 16 heavy (non-hydrogen) atoms. The first kappa shape index (κ1) is 12.6. The van der Waals surface area contributed by atoms with E-state index in [1.165, 1.54) is 0 Å². The van der Waals surface area contributed by atoms with Crippen LogP contribution in [0.1, 0.15) is 18.3 Å². The second-order valence-electron chi connectivity index (χ2n) is 3.08. The highest BCUT2D eigenvalue weighted by Crippen LogP contribution is 2.09. The number of hydrogen-bond acceptors (Lipinski definition) is 5. The SMILES string of the molecule is CCSCc1nc(N)c(CC(=O)O)c(=O)[nH]1. The van der Waals surface area contributed by atoms with E-state index in [0.717, 1.165) is 5.75 Å². The van der Waals surface area contributed by atoms with E-state index < -0.39 is 17.9 Å². The fraction of sp³-hybridized carbons (Fsp3) is 0.444. The first-order valence-corrected chi connectivity index (χ1v) is 5.87. The Kier molecular flexibility index (Phi) is 4.36. The Morgan fingerprint density at radius 3 is 2.81 bits per heavy atom. The van der Waals surface area contributed by atoms with Crippen LogP contribution in [-0.4, -0.2) is 26.8 Å². The highest BCUT2D eigenvalue weighted by Gasteiger charge is 2.12. The van der Waals surface area contributed by atoms with Crippen molar-refractivity contribution >= 4 is 23.5 Å². The number of rotatable bonds is 5. The number of anilines is 1. The number of aromatic amines is 1. The molecule has 4 N–H and O–H groups in total. The predicted molar refractivity (Wildman–Crippen MR) is 62.4 cm³/mol. The number of hydrogen-bond donors (Lipinski definition) is 3. The fourth-order valence-electron chi connectivity index (χ4n) is 1.15. The van der Waals surface area contributed by atoms with Crippen LogP contribution in [0.4, 0.5) is 5.82 Å². The quantitative estimate of drug-likeness (QED) is 0.683. The molecular weight excluding hydrogens is 230 g/mol. The number of carboxylic acid groups (broad SMARTS) is 1. The molecule has 0 radical (unpaired) electrons. The van der Waals surface area contributed by atoms with Gasteiger partial charge >= 0.3 is 5.97 Å². The summed E-state index contributed by atoms with van der Waals surface area (Å²) in [5.41, 5.74) is 5.08. The standard InChI is InChI=1S/C9H13N3O3S/c1-2-16-4-6-11-8(10)5(3-7(13)14)9(15)12-6/h2-4H2,1H3,(H,13,14)(H3,10,11,12,15). The van der Waals surface area contributed by atoms with Crippen molar-refractivity contribution in [2.24, 2.45) is 0 Å². The van der Waals surface area contributed by atoms with Gasteiger partial charge in [-0.25, -0.2) is 4.98 Å². The van der Waals surface area contributed by atoms with E-state index in [9.17, 15) is 9.59 Å². The third-order valence-corrected chi connectivity index (χ3v) is 2.75. The maximum Gasteiger partial charge on any atom is 0.308 e. The summed E-state index contributed by atoms with van der Waals surface area (Å²) in [4.78, 5) is 28.5. The summed E-state index contributed by atoms with van der Waals surface area (Å²) in [7, 11) is 0. The van der Waals surface area contributed by atoms with Crippen molar-refractivity contribution in [2.45, 2.75) is 19.1 Å². The molecule has 1 aromatic heterocycles. The Hall–Kier alpha value is -1.50. The van der Waals surface area contributed by atoms with Crippen molar-refractivity contribution in [3.63, 3.8) is 0 Å². The minimum absolute atomic E-state index is 0.00199. The lowest BCUT2D eigenvalue weighted by Crippen LogP contribution is -2.22. The zero-order valence-electron chi connectivity index (χ0n) is 8.82. The van der Waals surface area contributed by atoms with E-state index in [2.05, 4.69) is 9.97 Å². The van der Waals surface area contributed by atoms with Crippen LogP contribution in [0.15, 0.2) is 4.79 Å². The largest absolute Gasteiger partial charge is 0.481 e. The number of nitrogens with two attached hydrogens (primary N) is 1. The number of aromatic nitrogens is 2. The molecule has 0 unspecified atom stereocenters. The second kappa shape index (κ2) is 5.55. The van der Waals surface area contributed by atoms with Crippen molar-refractivity contribution in [3.05, 3.63) is 21.7 Å². The molecule has 6 nitrogen and oxygen atoms in total. The summed E-state index contributed by atoms with van der Waals surface area (Å²) in [6, 6.07) is 0. The summed E-state index contributed by atoms with van der Waals surface area (Å²) in [5, 5.41) is 8.59. The van der Waals surface area contributed by atoms with Gasteiger partial charge in [-0.15, -0.1) is 0 Å². The lowest BCUT2D eigenvalue weighted by molar-refractivity contribution is -0.136. The Morgan fingerprint density at radius 2 is 2.31 bits per heavy atom. The highest BCUT2D eigenvalue weighted by atomic mass is 32.2. The molecule has 1 rings (SSSR count). The molecule has 0 bridgehead atoms. The number of nitrogen functional groups attached to an aromatic ring is 1. The van der Waals surface area contributed by atoms with Crippen LogP contribution in [0, 0.1) is 0 Å². The van der Waals surface area contributed by atoms with Gasteiger partial charge in [-0.2, -0.15) is 11.8 Å². The Bertz CT molecular complexity index is 444. The van der Waals surface area contributed by atoms with Gasteiger partial charge in [0.2, 0.25) is 0 Å². The van der Waals surface area contributed by atoms with Crippen molar-refractivity contribution in [3.8, 4) is 0 Å². The lowest BCUT2D eigenvalue weighted by atomic mass is 10.2. The molecule has 0 aliphatic carbocycles. The van der Waals surface area contributed by atoms with Crippen LogP contribution < -0.4 is 11.3 Å². The topological polar surface area (TPSA) is 109 Å². The van der Waals surface area contributed by atoms with Gasteiger partial charge in [0, 0.05) is 0 Å². The number of nitrogens with one attached hydrogen (secondary N) is 1. The van der Waals surface area contributed by atoms with Crippen LogP contribution in [-0.2, 0) is 17.0 Å². The molecule has 0 aromatic carbocycles. The number of carbonyl (C=O) groups is 1. The summed E-state index contributed by atoms with van der Waals surface area (Å²) >= 11 is 1.59. The van der Waals surface area contributed by atoms with Gasteiger partial charge in [0.15, 0.2) is 0 Å². The Morgan fingerprint density at radius 1 is 1.62 bits per heavy atom. The molecule has 0 aliphatic rings. The second-order valence-corrected chi connectivity index (χ2v) is 4.36. The number of aliphatic carboxylic acids is 1. The van der Waals surface area contributed by atoms with E-state index in [1.807, 2.05) is 6.92 Å². The average Bonchev–Trinajstić information content (AvgIpc) is 2.20. The molecule has 7 heteroatoms. The van der Waals surface area contributed by atoms with Crippen molar-refractivity contribution < 1.29 is 9.90 Å². The fourth-order valence-corrected chi connectivity index (χ4v) is 1.69. The molecule has 0 amide bonds. The summed E-state index contributed by atoms with van der Waals surface area (Å²) in [6.45, 7) is 1.99. The maximum absolute atomic E-state index is 11.5. The van der Waals surface area contributed by atoms with Gasteiger partial charge in [0.25, 0.3) is 5.56 Å². The number of carboxylic acids is 1. The van der Waals surface area contributed by atoms with Crippen LogP contribution in [0.25, 0.3) is 0 Å². The van der Waals surface area contributed by atoms with Crippen molar-refractivity contribution in [2.75, 3.05) is 11.5 Å². The van der Waals surface area contributed by atoms with Crippen LogP contribution >= 0.6 is 11.8 Å². The minimum atomic E-state index is -1.10. The lowest BCUT2D eigenvalue weighted by Gasteiger charge is -2.04.